The Morgan fingerprint density at radius 1 is 1.62 bits per heavy atom. The van der Waals surface area contributed by atoms with Gasteiger partial charge in [0, 0.05) is 0 Å². The molecule has 1 atom stereocenters. The summed E-state index contributed by atoms with van der Waals surface area (Å²) >= 11 is 2.66. The van der Waals surface area contributed by atoms with Crippen molar-refractivity contribution < 1.29 is 9.59 Å². The van der Waals surface area contributed by atoms with Crippen LogP contribution >= 0.6 is 23.1 Å². The number of carbonyl (C=O) groups excluding carboxylic acids is 2. The molecule has 1 fully saturated rings. The summed E-state index contributed by atoms with van der Waals surface area (Å²) in [6, 6.07) is 3.52. The predicted octanol–water partition coefficient (Wildman–Crippen LogP) is 1.89. The molecule has 0 spiro atoms. The third-order valence-corrected chi connectivity index (χ3v) is 4.19. The van der Waals surface area contributed by atoms with Gasteiger partial charge in [-0.3, -0.25) is 9.59 Å². The number of amides is 2. The Morgan fingerprint density at radius 3 is 3.00 bits per heavy atom. The van der Waals surface area contributed by atoms with Crippen LogP contribution in [0.2, 0.25) is 0 Å². The summed E-state index contributed by atoms with van der Waals surface area (Å²) < 4.78 is 0. The molecule has 4 nitrogen and oxygen atoms in total. The Kier molecular flexibility index (Phi) is 3.40. The highest BCUT2D eigenvalue weighted by Crippen LogP contribution is 2.22. The van der Waals surface area contributed by atoms with Gasteiger partial charge in [-0.25, -0.2) is 0 Å². The lowest BCUT2D eigenvalue weighted by atomic mass is 10.3. The quantitative estimate of drug-likeness (QED) is 0.876. The van der Waals surface area contributed by atoms with Gasteiger partial charge in [0.2, 0.25) is 5.91 Å². The maximum atomic E-state index is 11.6. The van der Waals surface area contributed by atoms with Gasteiger partial charge in [-0.05, 0) is 17.9 Å². The first-order chi connectivity index (χ1) is 7.70. The van der Waals surface area contributed by atoms with Gasteiger partial charge in [0.25, 0.3) is 5.91 Å². The van der Waals surface area contributed by atoms with Crippen LogP contribution in [0, 0.1) is 0 Å². The first kappa shape index (κ1) is 11.3. The summed E-state index contributed by atoms with van der Waals surface area (Å²) in [4.78, 5) is 27.5. The standard InChI is InChI=1S/C10H10N2O2S2/c1-2-6-8(13)11-10(16-6)12-9(14)7-4-3-5-15-7/h3-6H,2H2,1H3,(H,11,12,13,14)/t6-/m1/s1. The van der Waals surface area contributed by atoms with Crippen molar-refractivity contribution in [1.29, 1.82) is 0 Å². The van der Waals surface area contributed by atoms with Gasteiger partial charge in [0.1, 0.15) is 0 Å². The van der Waals surface area contributed by atoms with Crippen molar-refractivity contribution in [3.63, 3.8) is 0 Å². The van der Waals surface area contributed by atoms with E-state index in [4.69, 9.17) is 0 Å². The summed E-state index contributed by atoms with van der Waals surface area (Å²) in [6.45, 7) is 1.93. The van der Waals surface area contributed by atoms with Gasteiger partial charge in [-0.2, -0.15) is 4.99 Å². The van der Waals surface area contributed by atoms with Crippen molar-refractivity contribution in [1.82, 2.24) is 5.32 Å². The van der Waals surface area contributed by atoms with Crippen molar-refractivity contribution in [2.75, 3.05) is 0 Å². The molecule has 0 unspecified atom stereocenters. The van der Waals surface area contributed by atoms with Crippen LogP contribution in [0.25, 0.3) is 0 Å². The Morgan fingerprint density at radius 2 is 2.44 bits per heavy atom. The third kappa shape index (κ3) is 2.33. The lowest BCUT2D eigenvalue weighted by Gasteiger charge is -1.96. The van der Waals surface area contributed by atoms with Crippen LogP contribution in [0.1, 0.15) is 23.0 Å². The van der Waals surface area contributed by atoms with E-state index in [1.807, 2.05) is 12.3 Å². The number of amidine groups is 1. The zero-order valence-corrected chi connectivity index (χ0v) is 10.2. The van der Waals surface area contributed by atoms with E-state index >= 15 is 0 Å². The third-order valence-electron chi connectivity index (χ3n) is 2.08. The van der Waals surface area contributed by atoms with Gasteiger partial charge < -0.3 is 5.32 Å². The summed E-state index contributed by atoms with van der Waals surface area (Å²) in [7, 11) is 0. The molecule has 1 aliphatic rings. The smallest absolute Gasteiger partial charge is 0.289 e. The van der Waals surface area contributed by atoms with Crippen molar-refractivity contribution in [3.05, 3.63) is 22.4 Å². The Labute approximate surface area is 101 Å². The van der Waals surface area contributed by atoms with Crippen LogP contribution in [-0.2, 0) is 4.79 Å². The highest BCUT2D eigenvalue weighted by Gasteiger charge is 2.29. The molecule has 84 valence electrons. The first-order valence-electron chi connectivity index (χ1n) is 4.84. The average molecular weight is 254 g/mol. The van der Waals surface area contributed by atoms with Crippen LogP contribution in [-0.4, -0.2) is 22.2 Å². The van der Waals surface area contributed by atoms with E-state index in [9.17, 15) is 9.59 Å². The van der Waals surface area contributed by atoms with Crippen LogP contribution in [0.15, 0.2) is 22.5 Å². The van der Waals surface area contributed by atoms with E-state index in [0.29, 0.717) is 10.0 Å². The molecule has 1 aliphatic heterocycles. The Hall–Kier alpha value is -1.14. The minimum atomic E-state index is -0.297. The lowest BCUT2D eigenvalue weighted by Crippen LogP contribution is -2.24. The number of rotatable bonds is 2. The van der Waals surface area contributed by atoms with Gasteiger partial charge >= 0.3 is 0 Å². The number of hydrogen-bond donors (Lipinski definition) is 1. The highest BCUT2D eigenvalue weighted by atomic mass is 32.2. The monoisotopic (exact) mass is 254 g/mol. The van der Waals surface area contributed by atoms with Gasteiger partial charge in [0.15, 0.2) is 5.17 Å². The summed E-state index contributed by atoms with van der Waals surface area (Å²) in [5, 5.41) is 4.72. The fraction of sp³-hybridized carbons (Fsp3) is 0.300. The van der Waals surface area contributed by atoms with E-state index < -0.39 is 0 Å². The molecule has 2 heterocycles. The van der Waals surface area contributed by atoms with E-state index in [1.165, 1.54) is 23.1 Å². The minimum absolute atomic E-state index is 0.0646. The number of aliphatic imine (C=N–C) groups is 1. The molecule has 0 aliphatic carbocycles. The van der Waals surface area contributed by atoms with Crippen LogP contribution in [0.4, 0.5) is 0 Å². The second kappa shape index (κ2) is 4.80. The summed E-state index contributed by atoms with van der Waals surface area (Å²) in [5.74, 6) is -0.361. The van der Waals surface area contributed by atoms with E-state index in [2.05, 4.69) is 10.3 Å². The molecule has 6 heteroatoms. The van der Waals surface area contributed by atoms with Crippen LogP contribution < -0.4 is 5.32 Å². The SMILES string of the molecule is CC[C@H]1SC(=NC(=O)c2cccs2)NC1=O. The average Bonchev–Trinajstić information content (AvgIpc) is 2.87. The molecule has 0 aromatic carbocycles. The van der Waals surface area contributed by atoms with Crippen LogP contribution in [0.5, 0.6) is 0 Å². The zero-order valence-electron chi connectivity index (χ0n) is 8.60. The van der Waals surface area contributed by atoms with E-state index in [0.717, 1.165) is 6.42 Å². The predicted molar refractivity (Wildman–Crippen MR) is 65.9 cm³/mol. The molecule has 0 bridgehead atoms. The Balaban J connectivity index is 2.09. The molecular formula is C10H10N2O2S2. The van der Waals surface area contributed by atoms with Crippen molar-refractivity contribution in [3.8, 4) is 0 Å². The molecule has 0 radical (unpaired) electrons. The molecule has 2 rings (SSSR count). The van der Waals surface area contributed by atoms with Crippen molar-refractivity contribution in [2.45, 2.75) is 18.6 Å². The number of nitrogens with one attached hydrogen (secondary N) is 1. The fourth-order valence-electron chi connectivity index (χ4n) is 1.27. The number of thiophene rings is 1. The van der Waals surface area contributed by atoms with Crippen molar-refractivity contribution in [2.24, 2.45) is 4.99 Å². The number of hydrogen-bond acceptors (Lipinski definition) is 4. The maximum absolute atomic E-state index is 11.6. The summed E-state index contributed by atoms with van der Waals surface area (Å²) in [6.07, 6.45) is 0.739. The molecule has 1 saturated heterocycles. The Bertz CT molecular complexity index is 440. The first-order valence-corrected chi connectivity index (χ1v) is 6.60. The number of thioether (sulfide) groups is 1. The molecule has 16 heavy (non-hydrogen) atoms. The molecule has 2 amide bonds. The fourth-order valence-corrected chi connectivity index (χ4v) is 2.78. The zero-order chi connectivity index (χ0) is 11.5. The largest absolute Gasteiger partial charge is 0.304 e. The molecular weight excluding hydrogens is 244 g/mol. The molecule has 0 saturated carbocycles. The normalized spacial score (nSPS) is 22.4. The van der Waals surface area contributed by atoms with Crippen LogP contribution in [0.3, 0.4) is 0 Å². The topological polar surface area (TPSA) is 58.5 Å². The van der Waals surface area contributed by atoms with Crippen molar-refractivity contribution >= 4 is 40.1 Å². The highest BCUT2D eigenvalue weighted by molar-refractivity contribution is 8.15. The number of carbonyl (C=O) groups is 2. The second-order valence-electron chi connectivity index (χ2n) is 3.20. The maximum Gasteiger partial charge on any atom is 0.289 e. The minimum Gasteiger partial charge on any atom is -0.304 e. The molecule has 1 aromatic rings. The van der Waals surface area contributed by atoms with Gasteiger partial charge in [0.05, 0.1) is 10.1 Å². The van der Waals surface area contributed by atoms with E-state index in [-0.39, 0.29) is 17.1 Å². The number of nitrogens with zero attached hydrogens (tertiary/aromatic N) is 1. The van der Waals surface area contributed by atoms with Gasteiger partial charge in [-0.1, -0.05) is 24.8 Å². The summed E-state index contributed by atoms with van der Waals surface area (Å²) in [5.41, 5.74) is 0. The molecule has 1 N–H and O–H groups in total. The lowest BCUT2D eigenvalue weighted by molar-refractivity contribution is -0.118. The second-order valence-corrected chi connectivity index (χ2v) is 5.34. The molecule has 1 aromatic heterocycles. The van der Waals surface area contributed by atoms with E-state index in [1.54, 1.807) is 12.1 Å². The van der Waals surface area contributed by atoms with Gasteiger partial charge in [-0.15, -0.1) is 11.3 Å².